The molecule has 2 rings (SSSR count). The van der Waals surface area contributed by atoms with Gasteiger partial charge in [-0.2, -0.15) is 0 Å². The number of hydrogen-bond acceptors (Lipinski definition) is 1. The van der Waals surface area contributed by atoms with E-state index in [9.17, 15) is 4.79 Å². The van der Waals surface area contributed by atoms with Gasteiger partial charge in [-0.3, -0.25) is 4.57 Å². The minimum Gasteiger partial charge on any atom is -0.313 e. The molecule has 0 aromatic carbocycles. The second-order valence-corrected chi connectivity index (χ2v) is 4.57. The molecule has 1 atom stereocenters. The molecule has 0 amide bonds. The fraction of sp³-hybridized carbons (Fsp3) is 0.700. The molecule has 1 fully saturated rings. The first-order valence-corrected chi connectivity index (χ1v) is 4.87. The molecule has 1 aliphatic rings. The highest BCUT2D eigenvalue weighted by atomic mass is 16.1. The van der Waals surface area contributed by atoms with Gasteiger partial charge in [0.2, 0.25) is 0 Å². The fourth-order valence-electron chi connectivity index (χ4n) is 2.40. The topological polar surface area (TPSA) is 37.8 Å². The van der Waals surface area contributed by atoms with Crippen LogP contribution in [0.25, 0.3) is 0 Å². The molecule has 1 saturated carbocycles. The van der Waals surface area contributed by atoms with E-state index in [2.05, 4.69) is 18.8 Å². The highest BCUT2D eigenvalue weighted by Crippen LogP contribution is 2.44. The first-order valence-electron chi connectivity index (χ1n) is 4.87. The molecule has 1 unspecified atom stereocenters. The third-order valence-corrected chi connectivity index (χ3v) is 3.21. The molecule has 0 aliphatic heterocycles. The third-order valence-electron chi connectivity index (χ3n) is 3.21. The zero-order valence-corrected chi connectivity index (χ0v) is 8.21. The second-order valence-electron chi connectivity index (χ2n) is 4.57. The molecular weight excluding hydrogens is 164 g/mol. The lowest BCUT2D eigenvalue weighted by atomic mass is 9.87. The quantitative estimate of drug-likeness (QED) is 0.704. The first kappa shape index (κ1) is 8.60. The molecular formula is C10H16N2O. The minimum atomic E-state index is 0.0278. The smallest absolute Gasteiger partial charge is 0.313 e. The van der Waals surface area contributed by atoms with Crippen molar-refractivity contribution in [1.82, 2.24) is 9.55 Å². The number of nitrogens with zero attached hydrogens (tertiary/aromatic N) is 1. The summed E-state index contributed by atoms with van der Waals surface area (Å²) in [5.41, 5.74) is 0.298. The van der Waals surface area contributed by atoms with Crippen LogP contribution in [0.4, 0.5) is 0 Å². The zero-order valence-electron chi connectivity index (χ0n) is 8.21. The molecule has 1 N–H and O–H groups in total. The fourth-order valence-corrected chi connectivity index (χ4v) is 2.40. The standard InChI is InChI=1S/C10H16N2O/c1-10(2)5-3-4-8(10)12-7-6-11-9(12)13/h6-8H,3-5H2,1-2H3,(H,11,13). The third kappa shape index (κ3) is 1.32. The normalized spacial score (nSPS) is 26.5. The lowest BCUT2D eigenvalue weighted by molar-refractivity contribution is 0.256. The van der Waals surface area contributed by atoms with Crippen LogP contribution in [0.2, 0.25) is 0 Å². The molecule has 0 bridgehead atoms. The van der Waals surface area contributed by atoms with Gasteiger partial charge in [0.05, 0.1) is 0 Å². The van der Waals surface area contributed by atoms with Gasteiger partial charge in [-0.05, 0) is 18.3 Å². The average molecular weight is 180 g/mol. The molecule has 0 saturated heterocycles. The summed E-state index contributed by atoms with van der Waals surface area (Å²) in [5.74, 6) is 0. The number of aromatic amines is 1. The van der Waals surface area contributed by atoms with Crippen molar-refractivity contribution in [3.8, 4) is 0 Å². The number of imidazole rings is 1. The van der Waals surface area contributed by atoms with Crippen molar-refractivity contribution >= 4 is 0 Å². The van der Waals surface area contributed by atoms with E-state index in [-0.39, 0.29) is 11.1 Å². The van der Waals surface area contributed by atoms with Gasteiger partial charge in [-0.25, -0.2) is 4.79 Å². The van der Waals surface area contributed by atoms with E-state index < -0.39 is 0 Å². The predicted molar refractivity (Wildman–Crippen MR) is 51.7 cm³/mol. The van der Waals surface area contributed by atoms with Crippen LogP contribution in [-0.4, -0.2) is 9.55 Å². The van der Waals surface area contributed by atoms with E-state index in [1.807, 2.05) is 10.8 Å². The van der Waals surface area contributed by atoms with Gasteiger partial charge >= 0.3 is 5.69 Å². The summed E-state index contributed by atoms with van der Waals surface area (Å²) in [5, 5.41) is 0. The molecule has 3 nitrogen and oxygen atoms in total. The van der Waals surface area contributed by atoms with Crippen LogP contribution < -0.4 is 5.69 Å². The van der Waals surface area contributed by atoms with E-state index in [0.717, 1.165) is 6.42 Å². The van der Waals surface area contributed by atoms with E-state index in [1.54, 1.807) is 6.20 Å². The van der Waals surface area contributed by atoms with Gasteiger partial charge in [-0.15, -0.1) is 0 Å². The van der Waals surface area contributed by atoms with E-state index in [0.29, 0.717) is 6.04 Å². The van der Waals surface area contributed by atoms with Crippen LogP contribution in [0.1, 0.15) is 39.2 Å². The monoisotopic (exact) mass is 180 g/mol. The number of rotatable bonds is 1. The van der Waals surface area contributed by atoms with Gasteiger partial charge in [0.15, 0.2) is 0 Å². The molecule has 0 radical (unpaired) electrons. The van der Waals surface area contributed by atoms with Crippen molar-refractivity contribution in [2.24, 2.45) is 5.41 Å². The van der Waals surface area contributed by atoms with Gasteiger partial charge in [-0.1, -0.05) is 20.3 Å². The molecule has 1 heterocycles. The second kappa shape index (κ2) is 2.76. The highest BCUT2D eigenvalue weighted by Gasteiger charge is 2.36. The predicted octanol–water partition coefficient (Wildman–Crippen LogP) is 1.93. The Balaban J connectivity index is 2.37. The van der Waals surface area contributed by atoms with Gasteiger partial charge in [0.25, 0.3) is 0 Å². The molecule has 1 aromatic heterocycles. The van der Waals surface area contributed by atoms with Crippen molar-refractivity contribution in [2.75, 3.05) is 0 Å². The Hall–Kier alpha value is -0.990. The maximum atomic E-state index is 11.4. The number of hydrogen-bond donors (Lipinski definition) is 1. The van der Waals surface area contributed by atoms with Crippen LogP contribution in [0, 0.1) is 5.41 Å². The summed E-state index contributed by atoms with van der Waals surface area (Å²) in [6, 6.07) is 0.381. The van der Waals surface area contributed by atoms with Crippen molar-refractivity contribution in [3.05, 3.63) is 22.9 Å². The highest BCUT2D eigenvalue weighted by molar-refractivity contribution is 4.93. The van der Waals surface area contributed by atoms with Crippen LogP contribution >= 0.6 is 0 Å². The molecule has 1 aliphatic carbocycles. The maximum Gasteiger partial charge on any atom is 0.325 e. The number of nitrogens with one attached hydrogen (secondary N) is 1. The van der Waals surface area contributed by atoms with Gasteiger partial charge < -0.3 is 4.98 Å². The van der Waals surface area contributed by atoms with Crippen molar-refractivity contribution in [2.45, 2.75) is 39.2 Å². The maximum absolute atomic E-state index is 11.4. The minimum absolute atomic E-state index is 0.0278. The molecule has 13 heavy (non-hydrogen) atoms. The van der Waals surface area contributed by atoms with Crippen molar-refractivity contribution < 1.29 is 0 Å². The molecule has 72 valence electrons. The SMILES string of the molecule is CC1(C)CCCC1n1cc[nH]c1=O. The van der Waals surface area contributed by atoms with Crippen LogP contribution in [0.15, 0.2) is 17.2 Å². The Bertz CT molecular complexity index is 348. The summed E-state index contributed by atoms with van der Waals surface area (Å²) in [6.07, 6.45) is 7.16. The van der Waals surface area contributed by atoms with Crippen LogP contribution in [-0.2, 0) is 0 Å². The van der Waals surface area contributed by atoms with Crippen LogP contribution in [0.3, 0.4) is 0 Å². The average Bonchev–Trinajstić information content (AvgIpc) is 2.56. The summed E-state index contributed by atoms with van der Waals surface area (Å²) in [4.78, 5) is 14.1. The lowest BCUT2D eigenvalue weighted by Gasteiger charge is -2.27. The van der Waals surface area contributed by atoms with E-state index in [1.165, 1.54) is 12.8 Å². The van der Waals surface area contributed by atoms with Crippen LogP contribution in [0.5, 0.6) is 0 Å². The largest absolute Gasteiger partial charge is 0.325 e. The Morgan fingerprint density at radius 2 is 2.38 bits per heavy atom. The Morgan fingerprint density at radius 1 is 1.62 bits per heavy atom. The summed E-state index contributed by atoms with van der Waals surface area (Å²) < 4.78 is 1.84. The molecule has 0 spiro atoms. The number of H-pyrrole nitrogens is 1. The zero-order chi connectivity index (χ0) is 9.47. The van der Waals surface area contributed by atoms with Crippen molar-refractivity contribution in [1.29, 1.82) is 0 Å². The Morgan fingerprint density at radius 3 is 2.85 bits per heavy atom. The number of aromatic nitrogens is 2. The van der Waals surface area contributed by atoms with Gasteiger partial charge in [0, 0.05) is 18.4 Å². The molecule has 1 aromatic rings. The Kier molecular flexibility index (Phi) is 1.82. The molecule has 3 heteroatoms. The summed E-state index contributed by atoms with van der Waals surface area (Å²) >= 11 is 0. The van der Waals surface area contributed by atoms with Crippen molar-refractivity contribution in [3.63, 3.8) is 0 Å². The summed E-state index contributed by atoms with van der Waals surface area (Å²) in [7, 11) is 0. The van der Waals surface area contributed by atoms with E-state index >= 15 is 0 Å². The lowest BCUT2D eigenvalue weighted by Crippen LogP contribution is -2.28. The summed E-state index contributed by atoms with van der Waals surface area (Å²) in [6.45, 7) is 4.48. The van der Waals surface area contributed by atoms with Gasteiger partial charge in [0.1, 0.15) is 0 Å². The van der Waals surface area contributed by atoms with E-state index in [4.69, 9.17) is 0 Å². The Labute approximate surface area is 77.8 Å². The first-order chi connectivity index (χ1) is 6.11.